The highest BCUT2D eigenvalue weighted by Crippen LogP contribution is 2.15. The number of rotatable bonds is 3. The molecule has 4 heteroatoms. The van der Waals surface area contributed by atoms with Crippen LogP contribution in [0.25, 0.3) is 10.8 Å². The van der Waals surface area contributed by atoms with Gasteiger partial charge in [-0.1, -0.05) is 48.6 Å². The van der Waals surface area contributed by atoms with E-state index in [1.165, 1.54) is 16.3 Å². The van der Waals surface area contributed by atoms with E-state index in [0.717, 1.165) is 25.3 Å². The highest BCUT2D eigenvalue weighted by Gasteiger charge is 2.11. The van der Waals surface area contributed by atoms with E-state index in [2.05, 4.69) is 70.2 Å². The molecular formula is C18H22IN3. The van der Waals surface area contributed by atoms with Crippen LogP contribution < -0.4 is 10.6 Å². The van der Waals surface area contributed by atoms with Gasteiger partial charge in [-0.3, -0.25) is 4.99 Å². The van der Waals surface area contributed by atoms with Gasteiger partial charge < -0.3 is 10.6 Å². The molecule has 0 aliphatic heterocycles. The Labute approximate surface area is 148 Å². The zero-order valence-electron chi connectivity index (χ0n) is 12.8. The lowest BCUT2D eigenvalue weighted by Crippen LogP contribution is -2.42. The second kappa shape index (κ2) is 8.17. The number of hydrogen-bond acceptors (Lipinski definition) is 1. The molecule has 0 spiro atoms. The maximum Gasteiger partial charge on any atom is 0.191 e. The van der Waals surface area contributed by atoms with Gasteiger partial charge >= 0.3 is 0 Å². The van der Waals surface area contributed by atoms with Crippen molar-refractivity contribution >= 4 is 40.7 Å². The van der Waals surface area contributed by atoms with Crippen LogP contribution in [0.1, 0.15) is 18.4 Å². The number of benzene rings is 2. The molecule has 0 saturated heterocycles. The molecule has 1 aliphatic carbocycles. The topological polar surface area (TPSA) is 36.4 Å². The van der Waals surface area contributed by atoms with Crippen molar-refractivity contribution in [1.29, 1.82) is 0 Å². The summed E-state index contributed by atoms with van der Waals surface area (Å²) in [4.78, 5) is 4.30. The fourth-order valence-electron chi connectivity index (χ4n) is 2.66. The van der Waals surface area contributed by atoms with Gasteiger partial charge in [0, 0.05) is 19.6 Å². The molecule has 0 amide bonds. The molecule has 2 aromatic rings. The van der Waals surface area contributed by atoms with Gasteiger partial charge in [0.25, 0.3) is 0 Å². The molecule has 0 saturated carbocycles. The summed E-state index contributed by atoms with van der Waals surface area (Å²) in [5.74, 6) is 0.872. The van der Waals surface area contributed by atoms with Crippen molar-refractivity contribution in [3.05, 3.63) is 60.2 Å². The third-order valence-corrected chi connectivity index (χ3v) is 3.85. The first-order chi connectivity index (χ1) is 10.3. The Morgan fingerprint density at radius 2 is 1.82 bits per heavy atom. The first kappa shape index (κ1) is 16.8. The Hall–Kier alpha value is -1.56. The fourth-order valence-corrected chi connectivity index (χ4v) is 2.66. The maximum absolute atomic E-state index is 4.30. The van der Waals surface area contributed by atoms with Crippen molar-refractivity contribution in [2.75, 3.05) is 7.05 Å². The van der Waals surface area contributed by atoms with E-state index in [9.17, 15) is 0 Å². The third-order valence-electron chi connectivity index (χ3n) is 3.85. The lowest BCUT2D eigenvalue weighted by atomic mass is 10.1. The molecule has 0 radical (unpaired) electrons. The zero-order valence-corrected chi connectivity index (χ0v) is 15.1. The third kappa shape index (κ3) is 4.22. The van der Waals surface area contributed by atoms with Crippen molar-refractivity contribution < 1.29 is 0 Å². The van der Waals surface area contributed by atoms with Crippen LogP contribution in [0.4, 0.5) is 0 Å². The van der Waals surface area contributed by atoms with Crippen LogP contribution >= 0.6 is 24.0 Å². The molecule has 2 N–H and O–H groups in total. The normalized spacial score (nSPS) is 14.9. The van der Waals surface area contributed by atoms with Gasteiger partial charge in [-0.2, -0.15) is 0 Å². The first-order valence-corrected chi connectivity index (χ1v) is 7.45. The minimum absolute atomic E-state index is 0. The van der Waals surface area contributed by atoms with Crippen LogP contribution in [0, 0.1) is 0 Å². The molecule has 1 aliphatic rings. The monoisotopic (exact) mass is 407 g/mol. The van der Waals surface area contributed by atoms with Gasteiger partial charge in [0.1, 0.15) is 0 Å². The van der Waals surface area contributed by atoms with Crippen molar-refractivity contribution in [3.63, 3.8) is 0 Å². The zero-order chi connectivity index (χ0) is 14.5. The van der Waals surface area contributed by atoms with Crippen molar-refractivity contribution in [1.82, 2.24) is 10.6 Å². The van der Waals surface area contributed by atoms with Crippen LogP contribution in [-0.2, 0) is 6.54 Å². The van der Waals surface area contributed by atoms with Crippen LogP contribution in [0.2, 0.25) is 0 Å². The predicted octanol–water partition coefficient (Wildman–Crippen LogP) is 3.84. The average Bonchev–Trinajstić information content (AvgIpc) is 3.04. The summed E-state index contributed by atoms with van der Waals surface area (Å²) in [6, 6.07) is 15.5. The lowest BCUT2D eigenvalue weighted by molar-refractivity contribution is 0.633. The first-order valence-electron chi connectivity index (χ1n) is 7.45. The van der Waals surface area contributed by atoms with Crippen LogP contribution in [-0.4, -0.2) is 19.0 Å². The number of aliphatic imine (C=N–C) groups is 1. The maximum atomic E-state index is 4.30. The van der Waals surface area contributed by atoms with Gasteiger partial charge in [0.05, 0.1) is 0 Å². The van der Waals surface area contributed by atoms with E-state index in [4.69, 9.17) is 0 Å². The van der Waals surface area contributed by atoms with Crippen LogP contribution in [0.15, 0.2) is 59.6 Å². The highest BCUT2D eigenvalue weighted by atomic mass is 127. The minimum Gasteiger partial charge on any atom is -0.353 e. The summed E-state index contributed by atoms with van der Waals surface area (Å²) in [6.45, 7) is 0.782. The summed E-state index contributed by atoms with van der Waals surface area (Å²) in [6.07, 6.45) is 6.59. The van der Waals surface area contributed by atoms with Crippen molar-refractivity contribution in [2.45, 2.75) is 25.4 Å². The Morgan fingerprint density at radius 3 is 2.55 bits per heavy atom. The fraction of sp³-hybridized carbons (Fsp3) is 0.278. The summed E-state index contributed by atoms with van der Waals surface area (Å²) in [5.41, 5.74) is 1.26. The largest absolute Gasteiger partial charge is 0.353 e. The van der Waals surface area contributed by atoms with Gasteiger partial charge in [-0.25, -0.2) is 0 Å². The van der Waals surface area contributed by atoms with Crippen LogP contribution in [0.5, 0.6) is 0 Å². The number of guanidine groups is 1. The molecule has 3 nitrogen and oxygen atoms in total. The molecule has 0 bridgehead atoms. The average molecular weight is 407 g/mol. The van der Waals surface area contributed by atoms with E-state index in [1.807, 2.05) is 7.05 Å². The van der Waals surface area contributed by atoms with Crippen LogP contribution in [0.3, 0.4) is 0 Å². The Kier molecular flexibility index (Phi) is 6.24. The molecule has 2 aromatic carbocycles. The van der Waals surface area contributed by atoms with E-state index >= 15 is 0 Å². The molecule has 22 heavy (non-hydrogen) atoms. The Morgan fingerprint density at radius 1 is 1.09 bits per heavy atom. The van der Waals surface area contributed by atoms with Gasteiger partial charge in [0.15, 0.2) is 5.96 Å². The second-order valence-electron chi connectivity index (χ2n) is 5.39. The Balaban J connectivity index is 0.00000176. The molecule has 0 unspecified atom stereocenters. The molecule has 0 aromatic heterocycles. The summed E-state index contributed by atoms with van der Waals surface area (Å²) >= 11 is 0. The quantitative estimate of drug-likeness (QED) is 0.351. The van der Waals surface area contributed by atoms with E-state index in [0.29, 0.717) is 6.04 Å². The molecule has 0 atom stereocenters. The Bertz CT molecular complexity index is 671. The van der Waals surface area contributed by atoms with Gasteiger partial charge in [0.2, 0.25) is 0 Å². The van der Waals surface area contributed by atoms with E-state index in [1.54, 1.807) is 0 Å². The second-order valence-corrected chi connectivity index (χ2v) is 5.39. The number of fused-ring (bicyclic) bond motifs is 1. The summed E-state index contributed by atoms with van der Waals surface area (Å²) in [5, 5.41) is 9.39. The number of hydrogen-bond donors (Lipinski definition) is 2. The molecule has 0 heterocycles. The number of nitrogens with zero attached hydrogens (tertiary/aromatic N) is 1. The summed E-state index contributed by atoms with van der Waals surface area (Å²) < 4.78 is 0. The predicted molar refractivity (Wildman–Crippen MR) is 105 cm³/mol. The minimum atomic E-state index is 0. The molecular weight excluding hydrogens is 385 g/mol. The number of nitrogens with one attached hydrogen (secondary N) is 2. The van der Waals surface area contributed by atoms with E-state index < -0.39 is 0 Å². The number of halogens is 1. The molecule has 3 rings (SSSR count). The van der Waals surface area contributed by atoms with Crippen molar-refractivity contribution in [3.8, 4) is 0 Å². The standard InChI is InChI=1S/C18H21N3.HI/c1-19-18(21-17-8-4-5-9-17)20-13-14-10-11-15-6-2-3-7-16(15)12-14;/h2-7,10-12,17H,8-9,13H2,1H3,(H2,19,20,21);1H. The lowest BCUT2D eigenvalue weighted by Gasteiger charge is -2.17. The molecule has 116 valence electrons. The smallest absolute Gasteiger partial charge is 0.191 e. The highest BCUT2D eigenvalue weighted by molar-refractivity contribution is 14.0. The SMILES string of the molecule is CN=C(NCc1ccc2ccccc2c1)NC1CC=CC1.I. The molecule has 0 fully saturated rings. The van der Waals surface area contributed by atoms with Crippen molar-refractivity contribution in [2.24, 2.45) is 4.99 Å². The van der Waals surface area contributed by atoms with Gasteiger partial charge in [-0.15, -0.1) is 24.0 Å². The van der Waals surface area contributed by atoms with Gasteiger partial charge in [-0.05, 0) is 35.2 Å². The summed E-state index contributed by atoms with van der Waals surface area (Å²) in [7, 11) is 1.82. The van der Waals surface area contributed by atoms with E-state index in [-0.39, 0.29) is 24.0 Å².